The first kappa shape index (κ1) is 30.5. The van der Waals surface area contributed by atoms with E-state index < -0.39 is 6.04 Å². The number of ketones is 1. The summed E-state index contributed by atoms with van der Waals surface area (Å²) in [5.41, 5.74) is 2.20. The molecule has 0 spiro atoms. The fourth-order valence-corrected chi connectivity index (χ4v) is 4.03. The second-order valence-corrected chi connectivity index (χ2v) is 9.74. The zero-order valence-electron chi connectivity index (χ0n) is 24.0. The van der Waals surface area contributed by atoms with Crippen LogP contribution in [0.3, 0.4) is 0 Å². The molecule has 2 unspecified atom stereocenters. The van der Waals surface area contributed by atoms with Crippen molar-refractivity contribution < 1.29 is 19.1 Å². The molecule has 1 heterocycles. The van der Waals surface area contributed by atoms with Crippen molar-refractivity contribution in [2.45, 2.75) is 31.9 Å². The number of ether oxygens (including phenoxy) is 2. The first-order valence-electron chi connectivity index (χ1n) is 13.4. The van der Waals surface area contributed by atoms with Gasteiger partial charge in [0.25, 0.3) is 0 Å². The first-order valence-corrected chi connectivity index (χ1v) is 13.4. The number of aromatic nitrogens is 2. The molecule has 2 aromatic rings. The van der Waals surface area contributed by atoms with Crippen LogP contribution in [0.5, 0.6) is 5.75 Å². The van der Waals surface area contributed by atoms with Crippen molar-refractivity contribution in [3.05, 3.63) is 84.0 Å². The molecule has 0 saturated carbocycles. The largest absolute Gasteiger partial charge is 0.494 e. The number of methoxy groups -OCH3 is 1. The molecular weight excluding hydrogens is 508 g/mol. The summed E-state index contributed by atoms with van der Waals surface area (Å²) in [5.74, 6) is 0.444. The number of nitrogens with one attached hydrogen (secondary N) is 2. The summed E-state index contributed by atoms with van der Waals surface area (Å²) in [7, 11) is 7.60. The Balaban J connectivity index is 1.79. The van der Waals surface area contributed by atoms with Crippen molar-refractivity contribution >= 4 is 17.6 Å². The third-order valence-corrected chi connectivity index (χ3v) is 6.37. The Morgan fingerprint density at radius 2 is 1.85 bits per heavy atom. The van der Waals surface area contributed by atoms with Gasteiger partial charge in [-0.3, -0.25) is 9.59 Å². The molecule has 1 aromatic heterocycles. The van der Waals surface area contributed by atoms with E-state index in [1.54, 1.807) is 37.4 Å². The highest BCUT2D eigenvalue weighted by atomic mass is 16.5. The summed E-state index contributed by atoms with van der Waals surface area (Å²) in [6.07, 6.45) is 8.23. The average molecular weight is 549 g/mol. The maximum absolute atomic E-state index is 13.1. The minimum absolute atomic E-state index is 0.225. The van der Waals surface area contributed by atoms with Crippen molar-refractivity contribution in [2.24, 2.45) is 0 Å². The van der Waals surface area contributed by atoms with Crippen LogP contribution in [0.2, 0.25) is 0 Å². The summed E-state index contributed by atoms with van der Waals surface area (Å²) in [6.45, 7) is 7.89. The number of unbranched alkanes of at least 4 members (excludes halogenated alkanes) is 1. The maximum Gasteiger partial charge on any atom is 0.247 e. The van der Waals surface area contributed by atoms with Gasteiger partial charge in [0, 0.05) is 39.0 Å². The van der Waals surface area contributed by atoms with Gasteiger partial charge in [-0.25, -0.2) is 9.97 Å². The lowest BCUT2D eigenvalue weighted by molar-refractivity contribution is -0.115. The van der Waals surface area contributed by atoms with Crippen LogP contribution >= 0.6 is 0 Å². The zero-order valence-corrected chi connectivity index (χ0v) is 24.0. The van der Waals surface area contributed by atoms with Gasteiger partial charge in [0.15, 0.2) is 0 Å². The molecule has 0 aliphatic heterocycles. The summed E-state index contributed by atoms with van der Waals surface area (Å²) in [4.78, 5) is 38.3. The Morgan fingerprint density at radius 3 is 2.50 bits per heavy atom. The molecule has 0 saturated heterocycles. The Bertz CT molecular complexity index is 1220. The fourth-order valence-electron chi connectivity index (χ4n) is 4.03. The Labute approximate surface area is 236 Å². The van der Waals surface area contributed by atoms with Gasteiger partial charge < -0.3 is 29.9 Å². The molecule has 40 heavy (non-hydrogen) atoms. The minimum Gasteiger partial charge on any atom is -0.494 e. The van der Waals surface area contributed by atoms with Crippen LogP contribution in [-0.2, 0) is 9.53 Å². The molecule has 0 bridgehead atoms. The first-order chi connectivity index (χ1) is 19.2. The lowest BCUT2D eigenvalue weighted by atomic mass is 10.00. The second kappa shape index (κ2) is 14.9. The van der Waals surface area contributed by atoms with Crippen LogP contribution in [0.15, 0.2) is 72.7 Å². The number of hydrogen-bond donors (Lipinski definition) is 2. The van der Waals surface area contributed by atoms with Gasteiger partial charge in [-0.05, 0) is 69.1 Å². The molecule has 1 amide bonds. The highest BCUT2D eigenvalue weighted by molar-refractivity contribution is 6.07. The van der Waals surface area contributed by atoms with Gasteiger partial charge in [0.2, 0.25) is 17.6 Å². The van der Waals surface area contributed by atoms with E-state index >= 15 is 0 Å². The Kier molecular flexibility index (Phi) is 11.4. The summed E-state index contributed by atoms with van der Waals surface area (Å²) in [5, 5.41) is 6.15. The van der Waals surface area contributed by atoms with Crippen molar-refractivity contribution in [2.75, 3.05) is 53.3 Å². The molecule has 214 valence electrons. The lowest BCUT2D eigenvalue weighted by Gasteiger charge is -2.33. The molecule has 2 N–H and O–H groups in total. The predicted octanol–water partition coefficient (Wildman–Crippen LogP) is 3.26. The normalized spacial score (nSPS) is 16.6. The van der Waals surface area contributed by atoms with Gasteiger partial charge in [-0.2, -0.15) is 0 Å². The van der Waals surface area contributed by atoms with E-state index in [1.165, 1.54) is 12.3 Å². The number of carbonyl (C=O) groups excluding carboxylic acids is 2. The molecule has 0 fully saturated rings. The van der Waals surface area contributed by atoms with E-state index in [0.717, 1.165) is 37.4 Å². The second-order valence-electron chi connectivity index (χ2n) is 9.74. The van der Waals surface area contributed by atoms with Gasteiger partial charge in [0.05, 0.1) is 24.0 Å². The highest BCUT2D eigenvalue weighted by Gasteiger charge is 2.28. The van der Waals surface area contributed by atoms with Crippen LogP contribution in [0.25, 0.3) is 0 Å². The summed E-state index contributed by atoms with van der Waals surface area (Å²) >= 11 is 0. The molecule has 10 nitrogen and oxygen atoms in total. The predicted molar refractivity (Wildman–Crippen MR) is 156 cm³/mol. The smallest absolute Gasteiger partial charge is 0.247 e. The number of hydrogen-bond acceptors (Lipinski definition) is 9. The number of amides is 1. The van der Waals surface area contributed by atoms with Crippen LogP contribution in [0.1, 0.15) is 35.8 Å². The van der Waals surface area contributed by atoms with Gasteiger partial charge in [-0.15, -0.1) is 0 Å². The van der Waals surface area contributed by atoms with E-state index in [4.69, 9.17) is 9.47 Å². The molecule has 1 aliphatic rings. The molecule has 3 rings (SSSR count). The van der Waals surface area contributed by atoms with Crippen LogP contribution in [0, 0.1) is 0 Å². The van der Waals surface area contributed by atoms with E-state index in [0.29, 0.717) is 17.9 Å². The average Bonchev–Trinajstić information content (AvgIpc) is 2.96. The van der Waals surface area contributed by atoms with Gasteiger partial charge in [-0.1, -0.05) is 19.9 Å². The molecular formula is C30H40N6O4. The minimum atomic E-state index is -0.416. The molecule has 2 atom stereocenters. The lowest BCUT2D eigenvalue weighted by Crippen LogP contribution is -2.41. The third kappa shape index (κ3) is 8.49. The zero-order chi connectivity index (χ0) is 29.1. The number of carbonyl (C=O) groups is 2. The van der Waals surface area contributed by atoms with Crippen molar-refractivity contribution in [3.63, 3.8) is 0 Å². The number of likely N-dealkylation sites (N-methyl/N-ethyl adjacent to an activating group) is 2. The van der Waals surface area contributed by atoms with E-state index in [2.05, 4.69) is 43.9 Å². The van der Waals surface area contributed by atoms with Gasteiger partial charge >= 0.3 is 0 Å². The van der Waals surface area contributed by atoms with Crippen molar-refractivity contribution in [1.29, 1.82) is 0 Å². The van der Waals surface area contributed by atoms with Crippen LogP contribution < -0.4 is 15.4 Å². The van der Waals surface area contributed by atoms with Crippen molar-refractivity contribution in [3.8, 4) is 5.75 Å². The van der Waals surface area contributed by atoms with E-state index in [1.807, 2.05) is 33.3 Å². The molecule has 1 aromatic carbocycles. The molecule has 0 radical (unpaired) electrons. The van der Waals surface area contributed by atoms with Gasteiger partial charge in [0.1, 0.15) is 17.5 Å². The fraction of sp³-hybridized carbons (Fsp3) is 0.400. The molecule has 10 heteroatoms. The number of anilines is 1. The Morgan fingerprint density at radius 1 is 1.10 bits per heavy atom. The number of nitrogens with zero attached hydrogens (tertiary/aromatic N) is 4. The van der Waals surface area contributed by atoms with Crippen LogP contribution in [0.4, 0.5) is 5.95 Å². The number of rotatable bonds is 15. The number of benzene rings is 1. The van der Waals surface area contributed by atoms with E-state index in [9.17, 15) is 9.59 Å². The summed E-state index contributed by atoms with van der Waals surface area (Å²) in [6, 6.07) is 8.21. The van der Waals surface area contributed by atoms with Crippen LogP contribution in [-0.4, -0.2) is 91.6 Å². The standard InChI is InChI=1S/C30H40N6O4/c1-7-9-18-40-22-12-10-21(11-13-22)29(38)23-14-15-31-30(33-23)34-25-19-24(32-28(37)8-2)26(20-27(25)39-6)36(5)17-16-35(3)4/h8,10-15,19-20,25,27H,2,7,9,16-18H2,1,3-6H3,(H,32,37)(H,31,33,34). The SMILES string of the molecule is C=CC(=O)NC1=CC(Nc2nccc(C(=O)c3ccc(OCCCC)cc3)n2)C(OC)C=C1N(C)CCN(C)C. The monoisotopic (exact) mass is 548 g/mol. The maximum atomic E-state index is 13.1. The quantitative estimate of drug-likeness (QED) is 0.197. The highest BCUT2D eigenvalue weighted by Crippen LogP contribution is 2.24. The molecule has 1 aliphatic carbocycles. The van der Waals surface area contributed by atoms with E-state index in [-0.39, 0.29) is 29.4 Å². The van der Waals surface area contributed by atoms with Crippen molar-refractivity contribution in [1.82, 2.24) is 25.1 Å². The Hall–Kier alpha value is -4.02. The topological polar surface area (TPSA) is 109 Å². The summed E-state index contributed by atoms with van der Waals surface area (Å²) < 4.78 is 11.5. The third-order valence-electron chi connectivity index (χ3n) is 6.37.